The van der Waals surface area contributed by atoms with E-state index < -0.39 is 6.10 Å². The van der Waals surface area contributed by atoms with Gasteiger partial charge >= 0.3 is 0 Å². The number of halogens is 1. The van der Waals surface area contributed by atoms with Gasteiger partial charge in [0, 0.05) is 10.8 Å². The van der Waals surface area contributed by atoms with E-state index in [4.69, 9.17) is 16.3 Å². The molecule has 24 heavy (non-hydrogen) atoms. The van der Waals surface area contributed by atoms with Crippen molar-refractivity contribution < 1.29 is 9.53 Å². The van der Waals surface area contributed by atoms with E-state index in [9.17, 15) is 4.79 Å². The number of nitrogens with one attached hydrogen (secondary N) is 1. The van der Waals surface area contributed by atoms with Gasteiger partial charge in [0.15, 0.2) is 10.4 Å². The third-order valence-corrected chi connectivity index (χ3v) is 5.81. The Morgan fingerprint density at radius 3 is 2.79 bits per heavy atom. The van der Waals surface area contributed by atoms with Crippen molar-refractivity contribution in [2.24, 2.45) is 5.92 Å². The summed E-state index contributed by atoms with van der Waals surface area (Å²) in [6.45, 7) is 7.87. The van der Waals surface area contributed by atoms with Gasteiger partial charge in [-0.3, -0.25) is 10.1 Å². The van der Waals surface area contributed by atoms with Crippen LogP contribution in [0.5, 0.6) is 5.75 Å². The van der Waals surface area contributed by atoms with Crippen LogP contribution < -0.4 is 10.1 Å². The number of carbonyl (C=O) groups is 1. The molecular formula is C16H20ClN3O2S2. The molecule has 1 amide bonds. The highest BCUT2D eigenvalue weighted by Crippen LogP contribution is 2.27. The molecule has 2 aromatic rings. The van der Waals surface area contributed by atoms with E-state index >= 15 is 0 Å². The lowest BCUT2D eigenvalue weighted by atomic mass is 10.2. The molecule has 0 unspecified atom stereocenters. The Morgan fingerprint density at radius 2 is 2.12 bits per heavy atom. The Morgan fingerprint density at radius 1 is 1.38 bits per heavy atom. The van der Waals surface area contributed by atoms with Gasteiger partial charge in [-0.05, 0) is 43.5 Å². The minimum Gasteiger partial charge on any atom is -0.481 e. The van der Waals surface area contributed by atoms with Crippen LogP contribution in [0.4, 0.5) is 5.13 Å². The number of thioether (sulfide) groups is 1. The first kappa shape index (κ1) is 19.0. The molecule has 0 aliphatic rings. The quantitative estimate of drug-likeness (QED) is 0.555. The molecule has 0 saturated carbocycles. The number of ether oxygens (including phenoxy) is 1. The minimum atomic E-state index is -0.652. The van der Waals surface area contributed by atoms with Gasteiger partial charge in [-0.25, -0.2) is 0 Å². The highest BCUT2D eigenvalue weighted by atomic mass is 35.5. The maximum atomic E-state index is 12.2. The summed E-state index contributed by atoms with van der Waals surface area (Å²) in [5.41, 5.74) is 0.901. The number of hydrogen-bond donors (Lipinski definition) is 1. The number of benzene rings is 1. The number of rotatable bonds is 7. The topological polar surface area (TPSA) is 64.1 Å². The second-order valence-corrected chi connectivity index (χ2v) is 8.39. The zero-order chi connectivity index (χ0) is 17.7. The molecule has 1 aromatic carbocycles. The molecule has 8 heteroatoms. The third kappa shape index (κ3) is 5.65. The fourth-order valence-corrected chi connectivity index (χ4v) is 3.56. The normalized spacial score (nSPS) is 12.2. The Labute approximate surface area is 155 Å². The third-order valence-electron chi connectivity index (χ3n) is 2.99. The van der Waals surface area contributed by atoms with Crippen molar-refractivity contribution in [3.05, 3.63) is 28.8 Å². The van der Waals surface area contributed by atoms with E-state index in [0.717, 1.165) is 15.7 Å². The molecule has 1 atom stereocenters. The van der Waals surface area contributed by atoms with Crippen LogP contribution in [0.25, 0.3) is 0 Å². The first-order chi connectivity index (χ1) is 11.3. The summed E-state index contributed by atoms with van der Waals surface area (Å²) < 4.78 is 6.50. The fourth-order valence-electron chi connectivity index (χ4n) is 1.71. The molecule has 0 fully saturated rings. The van der Waals surface area contributed by atoms with Gasteiger partial charge in [-0.15, -0.1) is 10.2 Å². The summed E-state index contributed by atoms with van der Waals surface area (Å²) in [5.74, 6) is 1.88. The summed E-state index contributed by atoms with van der Waals surface area (Å²) >= 11 is 8.99. The molecule has 5 nitrogen and oxygen atoms in total. The van der Waals surface area contributed by atoms with Gasteiger partial charge in [0.1, 0.15) is 5.75 Å². The molecule has 0 aliphatic carbocycles. The zero-order valence-electron chi connectivity index (χ0n) is 14.0. The number of carbonyl (C=O) groups excluding carboxylic acids is 1. The van der Waals surface area contributed by atoms with Crippen LogP contribution in [-0.4, -0.2) is 28.0 Å². The zero-order valence-corrected chi connectivity index (χ0v) is 16.4. The molecular weight excluding hydrogens is 366 g/mol. The number of aromatic nitrogens is 2. The number of aryl methyl sites for hydroxylation is 1. The second kappa shape index (κ2) is 8.69. The predicted molar refractivity (Wildman–Crippen MR) is 100 cm³/mol. The average molecular weight is 386 g/mol. The van der Waals surface area contributed by atoms with Crippen LogP contribution in [0.2, 0.25) is 5.02 Å². The first-order valence-corrected chi connectivity index (χ1v) is 9.73. The van der Waals surface area contributed by atoms with E-state index in [1.165, 1.54) is 11.3 Å². The molecule has 1 N–H and O–H groups in total. The van der Waals surface area contributed by atoms with Crippen molar-refractivity contribution in [2.75, 3.05) is 11.1 Å². The molecule has 0 spiro atoms. The van der Waals surface area contributed by atoms with Crippen LogP contribution in [0.3, 0.4) is 0 Å². The van der Waals surface area contributed by atoms with Gasteiger partial charge in [-0.2, -0.15) is 0 Å². The summed E-state index contributed by atoms with van der Waals surface area (Å²) in [7, 11) is 0. The van der Waals surface area contributed by atoms with Crippen LogP contribution in [0.1, 0.15) is 26.3 Å². The van der Waals surface area contributed by atoms with Crippen LogP contribution >= 0.6 is 34.7 Å². The lowest BCUT2D eigenvalue weighted by Gasteiger charge is -2.14. The van der Waals surface area contributed by atoms with Crippen molar-refractivity contribution in [2.45, 2.75) is 38.1 Å². The molecule has 2 rings (SSSR count). The van der Waals surface area contributed by atoms with Crippen molar-refractivity contribution in [1.82, 2.24) is 10.2 Å². The highest BCUT2D eigenvalue weighted by Gasteiger charge is 2.17. The SMILES string of the molecule is Cc1cc(O[C@@H](C)C(=O)Nc2nnc(SCC(C)C)s2)ccc1Cl. The summed E-state index contributed by atoms with van der Waals surface area (Å²) in [5, 5.41) is 11.9. The first-order valence-electron chi connectivity index (χ1n) is 7.55. The molecule has 0 bridgehead atoms. The van der Waals surface area contributed by atoms with E-state index in [0.29, 0.717) is 21.8 Å². The lowest BCUT2D eigenvalue weighted by molar-refractivity contribution is -0.122. The van der Waals surface area contributed by atoms with Crippen molar-refractivity contribution >= 4 is 45.7 Å². The fraction of sp³-hybridized carbons (Fsp3) is 0.438. The Hall–Kier alpha value is -1.31. The Balaban J connectivity index is 1.90. The summed E-state index contributed by atoms with van der Waals surface area (Å²) in [6, 6.07) is 5.29. The van der Waals surface area contributed by atoms with Gasteiger partial charge in [-0.1, -0.05) is 48.5 Å². The highest BCUT2D eigenvalue weighted by molar-refractivity contribution is 8.01. The number of amides is 1. The molecule has 0 saturated heterocycles. The predicted octanol–water partition coefficient (Wildman–Crippen LogP) is 4.65. The van der Waals surface area contributed by atoms with Crippen molar-refractivity contribution in [3.8, 4) is 5.75 Å². The second-order valence-electron chi connectivity index (χ2n) is 5.74. The maximum Gasteiger partial charge on any atom is 0.266 e. The van der Waals surface area contributed by atoms with E-state index in [-0.39, 0.29) is 5.91 Å². The molecule has 1 heterocycles. The van der Waals surface area contributed by atoms with Gasteiger partial charge in [0.25, 0.3) is 5.91 Å². The standard InChI is InChI=1S/C16H20ClN3O2S2/c1-9(2)8-23-16-20-19-15(24-16)18-14(21)11(4)22-12-5-6-13(17)10(3)7-12/h5-7,9,11H,8H2,1-4H3,(H,18,19,21)/t11-/m0/s1. The molecule has 0 radical (unpaired) electrons. The monoisotopic (exact) mass is 385 g/mol. The Kier molecular flexibility index (Phi) is 6.89. The lowest BCUT2D eigenvalue weighted by Crippen LogP contribution is -2.30. The van der Waals surface area contributed by atoms with E-state index in [1.807, 2.05) is 6.92 Å². The molecule has 130 valence electrons. The van der Waals surface area contributed by atoms with Gasteiger partial charge < -0.3 is 4.74 Å². The average Bonchev–Trinajstić information content (AvgIpc) is 2.96. The molecule has 0 aliphatic heterocycles. The van der Waals surface area contributed by atoms with Crippen LogP contribution in [-0.2, 0) is 4.79 Å². The molecule has 1 aromatic heterocycles. The minimum absolute atomic E-state index is 0.265. The summed E-state index contributed by atoms with van der Waals surface area (Å²) in [6.07, 6.45) is -0.652. The van der Waals surface area contributed by atoms with Gasteiger partial charge in [0.05, 0.1) is 0 Å². The number of anilines is 1. The van der Waals surface area contributed by atoms with Crippen molar-refractivity contribution in [1.29, 1.82) is 0 Å². The number of nitrogens with zero attached hydrogens (tertiary/aromatic N) is 2. The van der Waals surface area contributed by atoms with Crippen LogP contribution in [0, 0.1) is 12.8 Å². The van der Waals surface area contributed by atoms with Crippen molar-refractivity contribution in [3.63, 3.8) is 0 Å². The van der Waals surface area contributed by atoms with Crippen LogP contribution in [0.15, 0.2) is 22.5 Å². The summed E-state index contributed by atoms with van der Waals surface area (Å²) in [4.78, 5) is 12.2. The largest absolute Gasteiger partial charge is 0.481 e. The number of hydrogen-bond acceptors (Lipinski definition) is 6. The van der Waals surface area contributed by atoms with E-state index in [1.54, 1.807) is 36.9 Å². The van der Waals surface area contributed by atoms with Gasteiger partial charge in [0.2, 0.25) is 5.13 Å². The smallest absolute Gasteiger partial charge is 0.266 e. The van der Waals surface area contributed by atoms with E-state index in [2.05, 4.69) is 29.4 Å². The maximum absolute atomic E-state index is 12.2. The Bertz CT molecular complexity index is 706.